The van der Waals surface area contributed by atoms with E-state index in [4.69, 9.17) is 5.21 Å². The number of fused-ring (bicyclic) bond motifs is 1. The molecule has 15 heavy (non-hydrogen) atoms. The minimum atomic E-state index is 0.301. The molecule has 0 atom stereocenters. The molecule has 1 aromatic carbocycles. The van der Waals surface area contributed by atoms with Crippen molar-refractivity contribution in [3.63, 3.8) is 0 Å². The van der Waals surface area contributed by atoms with E-state index in [1.807, 2.05) is 13.0 Å². The molecule has 0 spiro atoms. The van der Waals surface area contributed by atoms with Gasteiger partial charge in [0.2, 0.25) is 0 Å². The number of hydrogen-bond donors (Lipinski definition) is 3. The molecule has 2 rings (SSSR count). The van der Waals surface area contributed by atoms with Crippen molar-refractivity contribution in [2.75, 3.05) is 0 Å². The Morgan fingerprint density at radius 3 is 2.80 bits per heavy atom. The van der Waals surface area contributed by atoms with Gasteiger partial charge in [0, 0.05) is 12.1 Å². The van der Waals surface area contributed by atoms with E-state index in [9.17, 15) is 5.11 Å². The van der Waals surface area contributed by atoms with E-state index in [1.54, 1.807) is 0 Å². The molecule has 0 heterocycles. The number of aryl methyl sites for hydroxylation is 1. The van der Waals surface area contributed by atoms with Crippen LogP contribution in [0.25, 0.3) is 0 Å². The van der Waals surface area contributed by atoms with Gasteiger partial charge in [0.15, 0.2) is 0 Å². The molecule has 0 bridgehead atoms. The smallest absolute Gasteiger partial charge is 0.120 e. The fourth-order valence-electron chi connectivity index (χ4n) is 2.44. The number of phenols is 1. The maximum atomic E-state index is 9.83. The monoisotopic (exact) mass is 207 g/mol. The van der Waals surface area contributed by atoms with Gasteiger partial charge in [-0.05, 0) is 55.4 Å². The summed E-state index contributed by atoms with van der Waals surface area (Å²) in [6.45, 7) is 2.33. The average Bonchev–Trinajstić information content (AvgIpc) is 2.24. The molecular weight excluding hydrogens is 190 g/mol. The molecule has 3 N–H and O–H groups in total. The molecule has 0 aromatic heterocycles. The number of phenolic OH excluding ortho intramolecular Hbond substituents is 1. The molecule has 1 aliphatic rings. The summed E-state index contributed by atoms with van der Waals surface area (Å²) in [5.41, 5.74) is 6.70. The van der Waals surface area contributed by atoms with Crippen LogP contribution in [0.15, 0.2) is 6.07 Å². The third-order valence-electron chi connectivity index (χ3n) is 3.29. The number of hydroxylamine groups is 1. The highest BCUT2D eigenvalue weighted by Gasteiger charge is 2.16. The van der Waals surface area contributed by atoms with E-state index >= 15 is 0 Å². The van der Waals surface area contributed by atoms with Gasteiger partial charge >= 0.3 is 0 Å². The normalized spacial score (nSPS) is 15.1. The molecule has 0 saturated carbocycles. The van der Waals surface area contributed by atoms with Crippen LogP contribution in [0.5, 0.6) is 5.75 Å². The number of aromatic hydroxyl groups is 1. The van der Waals surface area contributed by atoms with E-state index in [1.165, 1.54) is 24.0 Å². The van der Waals surface area contributed by atoms with Crippen molar-refractivity contribution < 1.29 is 10.3 Å². The van der Waals surface area contributed by atoms with Crippen LogP contribution in [-0.2, 0) is 19.4 Å². The van der Waals surface area contributed by atoms with Gasteiger partial charge in [0.25, 0.3) is 0 Å². The van der Waals surface area contributed by atoms with Gasteiger partial charge in [-0.2, -0.15) is 0 Å². The van der Waals surface area contributed by atoms with E-state index < -0.39 is 0 Å². The van der Waals surface area contributed by atoms with E-state index in [0.29, 0.717) is 12.3 Å². The first kappa shape index (κ1) is 10.5. The molecule has 0 fully saturated rings. The van der Waals surface area contributed by atoms with Crippen molar-refractivity contribution in [3.05, 3.63) is 28.3 Å². The van der Waals surface area contributed by atoms with Crippen molar-refractivity contribution in [2.24, 2.45) is 0 Å². The third kappa shape index (κ3) is 1.85. The minimum absolute atomic E-state index is 0.301. The quantitative estimate of drug-likeness (QED) is 0.651. The molecule has 3 nitrogen and oxygen atoms in total. The number of rotatable bonds is 2. The molecule has 0 unspecified atom stereocenters. The number of benzene rings is 1. The summed E-state index contributed by atoms with van der Waals surface area (Å²) in [6, 6.07) is 1.86. The molecule has 0 aliphatic heterocycles. The van der Waals surface area contributed by atoms with Crippen LogP contribution in [0.2, 0.25) is 0 Å². The Morgan fingerprint density at radius 1 is 1.33 bits per heavy atom. The van der Waals surface area contributed by atoms with Gasteiger partial charge in [0.1, 0.15) is 5.75 Å². The Morgan fingerprint density at radius 2 is 2.07 bits per heavy atom. The summed E-state index contributed by atoms with van der Waals surface area (Å²) < 4.78 is 0. The zero-order chi connectivity index (χ0) is 10.8. The molecule has 82 valence electrons. The Bertz CT molecular complexity index is 374. The molecule has 0 amide bonds. The van der Waals surface area contributed by atoms with Crippen molar-refractivity contribution in [1.82, 2.24) is 5.48 Å². The van der Waals surface area contributed by atoms with Crippen molar-refractivity contribution in [2.45, 2.75) is 39.2 Å². The minimum Gasteiger partial charge on any atom is -0.508 e. The SMILES string of the molecule is Cc1c(CNO)c(O)cc2c1CCCC2. The fraction of sp³-hybridized carbons (Fsp3) is 0.500. The van der Waals surface area contributed by atoms with Crippen LogP contribution < -0.4 is 5.48 Å². The summed E-state index contributed by atoms with van der Waals surface area (Å²) in [5.74, 6) is 0.301. The van der Waals surface area contributed by atoms with Crippen LogP contribution in [0.1, 0.15) is 35.1 Å². The molecule has 1 aliphatic carbocycles. The number of hydrogen-bond acceptors (Lipinski definition) is 3. The Balaban J connectivity index is 2.49. The standard InChI is InChI=1S/C12H17NO2/c1-8-10-5-3-2-4-9(10)6-12(14)11(8)7-13-15/h6,13-15H,2-5,7H2,1H3. The zero-order valence-electron chi connectivity index (χ0n) is 9.01. The molecule has 1 aromatic rings. The molecule has 0 saturated heterocycles. The van der Waals surface area contributed by atoms with E-state index in [2.05, 4.69) is 5.48 Å². The summed E-state index contributed by atoms with van der Waals surface area (Å²) in [6.07, 6.45) is 4.60. The van der Waals surface area contributed by atoms with Gasteiger partial charge in [-0.1, -0.05) is 0 Å². The third-order valence-corrected chi connectivity index (χ3v) is 3.29. The predicted octanol–water partition coefficient (Wildman–Crippen LogP) is 2.06. The second kappa shape index (κ2) is 4.21. The summed E-state index contributed by atoms with van der Waals surface area (Å²) >= 11 is 0. The Hall–Kier alpha value is -1.06. The van der Waals surface area contributed by atoms with Crippen molar-refractivity contribution in [3.8, 4) is 5.75 Å². The average molecular weight is 207 g/mol. The predicted molar refractivity (Wildman–Crippen MR) is 58.1 cm³/mol. The fourth-order valence-corrected chi connectivity index (χ4v) is 2.44. The van der Waals surface area contributed by atoms with Gasteiger partial charge < -0.3 is 10.3 Å². The van der Waals surface area contributed by atoms with Gasteiger partial charge in [-0.15, -0.1) is 0 Å². The van der Waals surface area contributed by atoms with Crippen LogP contribution in [0.3, 0.4) is 0 Å². The summed E-state index contributed by atoms with van der Waals surface area (Å²) in [7, 11) is 0. The highest BCUT2D eigenvalue weighted by Crippen LogP contribution is 2.32. The first-order valence-corrected chi connectivity index (χ1v) is 5.44. The first-order chi connectivity index (χ1) is 7.24. The second-order valence-electron chi connectivity index (χ2n) is 4.18. The maximum Gasteiger partial charge on any atom is 0.120 e. The van der Waals surface area contributed by atoms with Gasteiger partial charge in [-0.25, -0.2) is 5.48 Å². The Kier molecular flexibility index (Phi) is 2.93. The lowest BCUT2D eigenvalue weighted by molar-refractivity contribution is 0.160. The van der Waals surface area contributed by atoms with Crippen molar-refractivity contribution in [1.29, 1.82) is 0 Å². The van der Waals surface area contributed by atoms with Crippen molar-refractivity contribution >= 4 is 0 Å². The highest BCUT2D eigenvalue weighted by atomic mass is 16.5. The largest absolute Gasteiger partial charge is 0.508 e. The van der Waals surface area contributed by atoms with Crippen LogP contribution in [-0.4, -0.2) is 10.3 Å². The lowest BCUT2D eigenvalue weighted by Gasteiger charge is -2.21. The highest BCUT2D eigenvalue weighted by molar-refractivity contribution is 5.49. The van der Waals surface area contributed by atoms with Gasteiger partial charge in [0.05, 0.1) is 0 Å². The van der Waals surface area contributed by atoms with Crippen LogP contribution in [0, 0.1) is 6.92 Å². The summed E-state index contributed by atoms with van der Waals surface area (Å²) in [5, 5.41) is 18.5. The first-order valence-electron chi connectivity index (χ1n) is 5.44. The topological polar surface area (TPSA) is 52.5 Å². The Labute approximate surface area is 89.7 Å². The van der Waals surface area contributed by atoms with Crippen LogP contribution in [0.4, 0.5) is 0 Å². The lowest BCUT2D eigenvalue weighted by Crippen LogP contribution is -2.12. The molecule has 3 heteroatoms. The molecular formula is C12H17NO2. The van der Waals surface area contributed by atoms with Gasteiger partial charge in [-0.3, -0.25) is 0 Å². The lowest BCUT2D eigenvalue weighted by atomic mass is 9.86. The van der Waals surface area contributed by atoms with E-state index in [-0.39, 0.29) is 0 Å². The molecule has 0 radical (unpaired) electrons. The zero-order valence-corrected chi connectivity index (χ0v) is 9.01. The van der Waals surface area contributed by atoms with E-state index in [0.717, 1.165) is 24.0 Å². The van der Waals surface area contributed by atoms with Crippen LogP contribution >= 0.6 is 0 Å². The number of nitrogens with one attached hydrogen (secondary N) is 1. The second-order valence-corrected chi connectivity index (χ2v) is 4.18. The summed E-state index contributed by atoms with van der Waals surface area (Å²) in [4.78, 5) is 0. The maximum absolute atomic E-state index is 9.83.